The van der Waals surface area contributed by atoms with Gasteiger partial charge in [0.15, 0.2) is 11.5 Å². The second kappa shape index (κ2) is 7.80. The summed E-state index contributed by atoms with van der Waals surface area (Å²) < 4.78 is 6.64. The Balaban J connectivity index is 1.66. The van der Waals surface area contributed by atoms with Gasteiger partial charge in [-0.05, 0) is 54.4 Å². The van der Waals surface area contributed by atoms with Crippen molar-refractivity contribution >= 4 is 44.3 Å². The quantitative estimate of drug-likeness (QED) is 0.343. The molecule has 1 aromatic heterocycles. The van der Waals surface area contributed by atoms with Gasteiger partial charge in [-0.1, -0.05) is 58.4 Å². The van der Waals surface area contributed by atoms with E-state index in [4.69, 9.17) is 4.42 Å². The summed E-state index contributed by atoms with van der Waals surface area (Å²) in [6.07, 6.45) is 0. The van der Waals surface area contributed by atoms with Crippen LogP contribution in [0.25, 0.3) is 11.0 Å². The third-order valence-electron chi connectivity index (χ3n) is 5.55. The summed E-state index contributed by atoms with van der Waals surface area (Å²) in [4.78, 5) is 28.2. The molecule has 1 N–H and O–H groups in total. The van der Waals surface area contributed by atoms with Crippen LogP contribution in [-0.4, -0.2) is 16.8 Å². The van der Waals surface area contributed by atoms with Gasteiger partial charge in [-0.25, -0.2) is 0 Å². The Hall–Kier alpha value is -3.64. The number of hydrogen-bond acceptors (Lipinski definition) is 4. The minimum Gasteiger partial charge on any atom is -0.503 e. The molecule has 1 amide bonds. The Morgan fingerprint density at radius 1 is 1.00 bits per heavy atom. The number of anilines is 1. The van der Waals surface area contributed by atoms with Crippen LogP contribution < -0.4 is 4.90 Å². The van der Waals surface area contributed by atoms with E-state index in [0.717, 1.165) is 15.4 Å². The summed E-state index contributed by atoms with van der Waals surface area (Å²) in [5.74, 6) is -1.63. The second-order valence-electron chi connectivity index (χ2n) is 7.71. The van der Waals surface area contributed by atoms with Gasteiger partial charge in [0.1, 0.15) is 5.58 Å². The highest BCUT2D eigenvalue weighted by atomic mass is 79.9. The minimum absolute atomic E-state index is 0.000767. The predicted octanol–water partition coefficient (Wildman–Crippen LogP) is 6.29. The number of carbonyl (C=O) groups is 2. The lowest BCUT2D eigenvalue weighted by molar-refractivity contribution is -0.117. The number of hydrogen-bond donors (Lipinski definition) is 1. The van der Waals surface area contributed by atoms with E-state index in [2.05, 4.69) is 15.9 Å². The minimum atomic E-state index is -0.780. The normalized spacial score (nSPS) is 16.2. The fraction of sp³-hybridized carbons (Fsp3) is 0.0769. The lowest BCUT2D eigenvalue weighted by atomic mass is 9.94. The maximum absolute atomic E-state index is 13.6. The Bertz CT molecular complexity index is 1400. The average molecular weight is 488 g/mol. The van der Waals surface area contributed by atoms with Gasteiger partial charge in [0.2, 0.25) is 5.78 Å². The number of nitrogens with zero attached hydrogens (tertiary/aromatic N) is 1. The molecule has 1 aliphatic rings. The Kier molecular flexibility index (Phi) is 4.94. The molecule has 5 rings (SSSR count). The van der Waals surface area contributed by atoms with Crippen LogP contribution in [0.5, 0.6) is 0 Å². The van der Waals surface area contributed by atoms with Gasteiger partial charge in [-0.3, -0.25) is 14.5 Å². The molecule has 0 saturated heterocycles. The van der Waals surface area contributed by atoms with Gasteiger partial charge in [0.05, 0.1) is 11.6 Å². The number of aliphatic hydroxyl groups excluding tert-OH is 1. The summed E-state index contributed by atoms with van der Waals surface area (Å²) in [6.45, 7) is 1.92. The van der Waals surface area contributed by atoms with E-state index < -0.39 is 23.5 Å². The molecule has 0 spiro atoms. The molecule has 5 nitrogen and oxygen atoms in total. The van der Waals surface area contributed by atoms with Crippen LogP contribution in [0.4, 0.5) is 5.69 Å². The van der Waals surface area contributed by atoms with E-state index in [1.807, 2.05) is 67.6 Å². The first-order chi connectivity index (χ1) is 15.4. The van der Waals surface area contributed by atoms with Crippen molar-refractivity contribution < 1.29 is 19.1 Å². The number of amides is 1. The van der Waals surface area contributed by atoms with Crippen LogP contribution in [-0.2, 0) is 4.79 Å². The van der Waals surface area contributed by atoms with Crippen molar-refractivity contribution in [2.75, 3.05) is 4.90 Å². The molecule has 0 aliphatic carbocycles. The van der Waals surface area contributed by atoms with Crippen LogP contribution in [0, 0.1) is 6.92 Å². The highest BCUT2D eigenvalue weighted by molar-refractivity contribution is 9.10. The molecule has 4 aromatic rings. The maximum Gasteiger partial charge on any atom is 0.294 e. The summed E-state index contributed by atoms with van der Waals surface area (Å²) in [7, 11) is 0. The molecular formula is C26H18BrNO4. The van der Waals surface area contributed by atoms with Crippen LogP contribution >= 0.6 is 15.9 Å². The smallest absolute Gasteiger partial charge is 0.294 e. The zero-order valence-electron chi connectivity index (χ0n) is 17.1. The molecule has 2 heterocycles. The fourth-order valence-corrected chi connectivity index (χ4v) is 4.47. The molecule has 6 heteroatoms. The van der Waals surface area contributed by atoms with Gasteiger partial charge >= 0.3 is 0 Å². The van der Waals surface area contributed by atoms with E-state index in [1.165, 1.54) is 4.90 Å². The Morgan fingerprint density at radius 3 is 2.53 bits per heavy atom. The topological polar surface area (TPSA) is 70.8 Å². The number of Topliss-reactive ketones (excluding diaryl/α,β-unsaturated/α-hetero) is 1. The summed E-state index contributed by atoms with van der Waals surface area (Å²) >= 11 is 3.41. The zero-order chi connectivity index (χ0) is 22.4. The van der Waals surface area contributed by atoms with Crippen molar-refractivity contribution in [1.29, 1.82) is 0 Å². The summed E-state index contributed by atoms with van der Waals surface area (Å²) in [5.41, 5.74) is 2.83. The van der Waals surface area contributed by atoms with Gasteiger partial charge in [0, 0.05) is 15.5 Å². The van der Waals surface area contributed by atoms with Crippen LogP contribution in [0.3, 0.4) is 0 Å². The number of aryl methyl sites for hydroxylation is 1. The Morgan fingerprint density at radius 2 is 1.78 bits per heavy atom. The lowest BCUT2D eigenvalue weighted by Gasteiger charge is -2.27. The third kappa shape index (κ3) is 3.33. The van der Waals surface area contributed by atoms with Crippen molar-refractivity contribution in [3.8, 4) is 0 Å². The number of rotatable bonds is 4. The van der Waals surface area contributed by atoms with Crippen molar-refractivity contribution in [2.45, 2.75) is 13.0 Å². The largest absolute Gasteiger partial charge is 0.503 e. The van der Waals surface area contributed by atoms with Gasteiger partial charge in [0.25, 0.3) is 5.91 Å². The number of furan rings is 1. The highest BCUT2D eigenvalue weighted by Crippen LogP contribution is 2.42. The van der Waals surface area contributed by atoms with E-state index >= 15 is 0 Å². The van der Waals surface area contributed by atoms with Crippen LogP contribution in [0.1, 0.15) is 27.7 Å². The molecule has 1 unspecified atom stereocenters. The number of benzene rings is 3. The molecule has 3 aromatic carbocycles. The highest BCUT2D eigenvalue weighted by Gasteiger charge is 2.45. The molecule has 0 radical (unpaired) electrons. The number of halogens is 1. The van der Waals surface area contributed by atoms with Crippen molar-refractivity contribution in [2.24, 2.45) is 0 Å². The standard InChI is InChI=1S/C26H18BrNO4/c1-15-6-5-9-19(12-15)28-23(16-7-3-2-4-8-16)22(25(30)26(28)31)24(29)21-14-17-13-18(27)10-11-20(17)32-21/h2-14,23,30H,1H3. The van der Waals surface area contributed by atoms with Gasteiger partial charge in [-0.15, -0.1) is 0 Å². The first-order valence-electron chi connectivity index (χ1n) is 10.1. The first-order valence-corrected chi connectivity index (χ1v) is 10.9. The first kappa shape index (κ1) is 20.3. The molecule has 1 atom stereocenters. The van der Waals surface area contributed by atoms with Crippen molar-refractivity contribution in [3.05, 3.63) is 112 Å². The molecule has 0 bridgehead atoms. The summed E-state index contributed by atoms with van der Waals surface area (Å²) in [6, 6.07) is 22.9. The van der Waals surface area contributed by atoms with Crippen LogP contribution in [0.15, 0.2) is 99.1 Å². The van der Waals surface area contributed by atoms with E-state index in [-0.39, 0.29) is 11.3 Å². The van der Waals surface area contributed by atoms with Crippen molar-refractivity contribution in [1.82, 2.24) is 0 Å². The lowest BCUT2D eigenvalue weighted by Crippen LogP contribution is -2.31. The molecule has 158 valence electrons. The van der Waals surface area contributed by atoms with E-state index in [0.29, 0.717) is 16.8 Å². The van der Waals surface area contributed by atoms with E-state index in [1.54, 1.807) is 18.2 Å². The van der Waals surface area contributed by atoms with Crippen molar-refractivity contribution in [3.63, 3.8) is 0 Å². The molecule has 0 saturated carbocycles. The van der Waals surface area contributed by atoms with Gasteiger partial charge in [-0.2, -0.15) is 0 Å². The van der Waals surface area contributed by atoms with E-state index in [9.17, 15) is 14.7 Å². The monoisotopic (exact) mass is 487 g/mol. The molecule has 32 heavy (non-hydrogen) atoms. The number of aliphatic hydroxyl groups is 1. The molecular weight excluding hydrogens is 470 g/mol. The predicted molar refractivity (Wildman–Crippen MR) is 126 cm³/mol. The van der Waals surface area contributed by atoms with Crippen LogP contribution in [0.2, 0.25) is 0 Å². The molecule has 1 aliphatic heterocycles. The maximum atomic E-state index is 13.6. The number of carbonyl (C=O) groups excluding carboxylic acids is 2. The average Bonchev–Trinajstić information content (AvgIpc) is 3.32. The third-order valence-corrected chi connectivity index (χ3v) is 6.04. The zero-order valence-corrected chi connectivity index (χ0v) is 18.7. The number of ketones is 1. The number of fused-ring (bicyclic) bond motifs is 1. The fourth-order valence-electron chi connectivity index (χ4n) is 4.09. The summed E-state index contributed by atoms with van der Waals surface area (Å²) in [5, 5.41) is 11.6. The second-order valence-corrected chi connectivity index (χ2v) is 8.63. The Labute approximate surface area is 192 Å². The SMILES string of the molecule is Cc1cccc(N2C(=O)C(O)=C(C(=O)c3cc4cc(Br)ccc4o3)C2c2ccccc2)c1. The van der Waals surface area contributed by atoms with Gasteiger partial charge < -0.3 is 9.52 Å². The molecule has 0 fully saturated rings.